The largest absolute Gasteiger partial charge is 0.497 e. The molecular weight excluding hydrogens is 621 g/mol. The number of carbonyl (C=O) groups is 1. The van der Waals surface area contributed by atoms with E-state index in [-0.39, 0.29) is 18.0 Å². The molecule has 5 nitrogen and oxygen atoms in total. The average Bonchev–Trinajstić information content (AvgIpc) is 3.09. The fraction of sp³-hybridized carbons (Fsp3) is 0.302. The molecular formula is C43H46N3O2P. The van der Waals surface area contributed by atoms with E-state index in [0.717, 1.165) is 59.0 Å². The molecule has 4 aromatic carbocycles. The molecule has 6 heteroatoms. The van der Waals surface area contributed by atoms with E-state index in [1.54, 1.807) is 7.11 Å². The Hall–Kier alpha value is -4.31. The Bertz CT molecular complexity index is 1950. The molecule has 0 radical (unpaired) electrons. The van der Waals surface area contributed by atoms with Gasteiger partial charge in [-0.3, -0.25) is 14.7 Å². The second kappa shape index (κ2) is 13.9. The van der Waals surface area contributed by atoms with Gasteiger partial charge >= 0.3 is 0 Å². The van der Waals surface area contributed by atoms with Gasteiger partial charge in [-0.2, -0.15) is 0 Å². The SMILES string of the molecule is C=CC1CN2CCC1CC2[C@@H](NC(=O)c1ccccc1P(c1cc(C)cc(C)c1)c1cc(C)cc(C)c1)c1ccnc2ccc(OC)cc12. The molecule has 5 atom stereocenters. The Morgan fingerprint density at radius 2 is 1.61 bits per heavy atom. The third kappa shape index (κ3) is 6.67. The van der Waals surface area contributed by atoms with Crippen molar-refractivity contribution in [3.05, 3.63) is 137 Å². The molecule has 3 aliphatic rings. The number of aromatic nitrogens is 1. The normalized spacial score (nSPS) is 20.7. The molecule has 49 heavy (non-hydrogen) atoms. The first-order chi connectivity index (χ1) is 23.7. The fourth-order valence-corrected chi connectivity index (χ4v) is 11.2. The van der Waals surface area contributed by atoms with Crippen LogP contribution in [0.2, 0.25) is 0 Å². The molecule has 3 saturated heterocycles. The van der Waals surface area contributed by atoms with Crippen molar-refractivity contribution in [2.75, 3.05) is 20.2 Å². The lowest BCUT2D eigenvalue weighted by Crippen LogP contribution is -2.57. The van der Waals surface area contributed by atoms with Gasteiger partial charge in [0.15, 0.2) is 0 Å². The van der Waals surface area contributed by atoms with E-state index in [0.29, 0.717) is 11.8 Å². The van der Waals surface area contributed by atoms with Crippen LogP contribution in [0.3, 0.4) is 0 Å². The summed E-state index contributed by atoms with van der Waals surface area (Å²) in [7, 11) is 0.678. The molecule has 5 aromatic rings. The Morgan fingerprint density at radius 3 is 2.22 bits per heavy atom. The van der Waals surface area contributed by atoms with Crippen molar-refractivity contribution in [3.8, 4) is 5.75 Å². The highest BCUT2D eigenvalue weighted by Gasteiger charge is 2.43. The number of nitrogens with one attached hydrogen (secondary N) is 1. The van der Waals surface area contributed by atoms with E-state index < -0.39 is 7.92 Å². The maximum absolute atomic E-state index is 14.9. The highest BCUT2D eigenvalue weighted by molar-refractivity contribution is 7.80. The van der Waals surface area contributed by atoms with Gasteiger partial charge in [0.2, 0.25) is 0 Å². The van der Waals surface area contributed by atoms with Crippen LogP contribution in [-0.2, 0) is 0 Å². The number of carbonyl (C=O) groups excluding carboxylic acids is 1. The fourth-order valence-electron chi connectivity index (χ4n) is 8.32. The summed E-state index contributed by atoms with van der Waals surface area (Å²) in [5.74, 6) is 1.78. The molecule has 4 heterocycles. The van der Waals surface area contributed by atoms with Gasteiger partial charge in [0, 0.05) is 29.7 Å². The first-order valence-electron chi connectivity index (χ1n) is 17.4. The molecule has 1 N–H and O–H groups in total. The number of hydrogen-bond acceptors (Lipinski definition) is 4. The maximum atomic E-state index is 14.9. The van der Waals surface area contributed by atoms with Crippen molar-refractivity contribution in [2.45, 2.75) is 52.6 Å². The second-order valence-electron chi connectivity index (χ2n) is 14.0. The summed E-state index contributed by atoms with van der Waals surface area (Å²) in [5.41, 5.74) is 7.62. The van der Waals surface area contributed by atoms with Crippen LogP contribution in [0.4, 0.5) is 0 Å². The molecule has 3 aliphatic heterocycles. The summed E-state index contributed by atoms with van der Waals surface area (Å²) in [6, 6.07) is 29.9. The number of nitrogens with zero attached hydrogens (tertiary/aromatic N) is 2. The number of pyridine rings is 1. The van der Waals surface area contributed by atoms with Gasteiger partial charge < -0.3 is 10.1 Å². The summed E-state index contributed by atoms with van der Waals surface area (Å²) < 4.78 is 5.66. The first-order valence-corrected chi connectivity index (χ1v) is 18.7. The van der Waals surface area contributed by atoms with E-state index in [1.807, 2.05) is 30.5 Å². The Labute approximate surface area is 292 Å². The number of benzene rings is 4. The van der Waals surface area contributed by atoms with Crippen LogP contribution in [0.5, 0.6) is 5.75 Å². The quantitative estimate of drug-likeness (QED) is 0.130. The summed E-state index contributed by atoms with van der Waals surface area (Å²) >= 11 is 0. The first kappa shape index (κ1) is 33.2. The summed E-state index contributed by atoms with van der Waals surface area (Å²) in [6.45, 7) is 14.8. The average molecular weight is 668 g/mol. The topological polar surface area (TPSA) is 54.5 Å². The summed E-state index contributed by atoms with van der Waals surface area (Å²) in [4.78, 5) is 22.2. The zero-order chi connectivity index (χ0) is 34.2. The minimum Gasteiger partial charge on any atom is -0.497 e. The zero-order valence-corrected chi connectivity index (χ0v) is 30.1. The van der Waals surface area contributed by atoms with Crippen LogP contribution < -0.4 is 26.0 Å². The van der Waals surface area contributed by atoms with Crippen LogP contribution >= 0.6 is 7.92 Å². The Balaban J connectivity index is 1.35. The van der Waals surface area contributed by atoms with Crippen LogP contribution in [0.1, 0.15) is 57.1 Å². The molecule has 250 valence electrons. The van der Waals surface area contributed by atoms with Gasteiger partial charge in [-0.1, -0.05) is 82.9 Å². The maximum Gasteiger partial charge on any atom is 0.252 e. The highest BCUT2D eigenvalue weighted by Crippen LogP contribution is 2.43. The van der Waals surface area contributed by atoms with Crippen molar-refractivity contribution >= 4 is 40.6 Å². The van der Waals surface area contributed by atoms with Crippen LogP contribution in [0.15, 0.2) is 104 Å². The number of rotatable bonds is 9. The summed E-state index contributed by atoms with van der Waals surface area (Å²) in [5, 5.41) is 8.24. The molecule has 2 bridgehead atoms. The molecule has 0 spiro atoms. The third-order valence-corrected chi connectivity index (χ3v) is 12.9. The number of fused-ring (bicyclic) bond motifs is 4. The van der Waals surface area contributed by atoms with Crippen molar-refractivity contribution in [1.29, 1.82) is 0 Å². The van der Waals surface area contributed by atoms with Gasteiger partial charge in [0.1, 0.15) is 5.75 Å². The van der Waals surface area contributed by atoms with Crippen LogP contribution in [-0.4, -0.2) is 42.0 Å². The smallest absolute Gasteiger partial charge is 0.252 e. The molecule has 0 saturated carbocycles. The standard InChI is InChI=1S/C43H46N3O2P/c1-7-31-26-46-17-15-32(31)24-40(46)42(36-14-16-44-39-13-12-33(48-6)25-38(36)39)45-43(47)37-10-8-9-11-41(37)49(34-20-27(2)18-28(3)21-34)35-22-29(4)19-30(5)23-35/h7-14,16,18-23,25,31-32,40,42H,1,15,17,24,26H2,2-6H3,(H,45,47)/t31?,32?,40?,42-/m0/s1. The van der Waals surface area contributed by atoms with Crippen molar-refractivity contribution in [2.24, 2.45) is 11.8 Å². The van der Waals surface area contributed by atoms with Gasteiger partial charge in [0.25, 0.3) is 5.91 Å². The number of piperidine rings is 3. The molecule has 1 aromatic heterocycles. The van der Waals surface area contributed by atoms with Crippen molar-refractivity contribution < 1.29 is 9.53 Å². The number of ether oxygens (including phenoxy) is 1. The van der Waals surface area contributed by atoms with E-state index in [4.69, 9.17) is 9.72 Å². The predicted octanol–water partition coefficient (Wildman–Crippen LogP) is 7.60. The lowest BCUT2D eigenvalue weighted by Gasteiger charge is -2.51. The zero-order valence-electron chi connectivity index (χ0n) is 29.2. The summed E-state index contributed by atoms with van der Waals surface area (Å²) in [6.07, 6.45) is 6.18. The van der Waals surface area contributed by atoms with Crippen molar-refractivity contribution in [1.82, 2.24) is 15.2 Å². The van der Waals surface area contributed by atoms with E-state index >= 15 is 0 Å². The Morgan fingerprint density at radius 1 is 0.939 bits per heavy atom. The highest BCUT2D eigenvalue weighted by atomic mass is 31.1. The van der Waals surface area contributed by atoms with Gasteiger partial charge in [-0.15, -0.1) is 6.58 Å². The minimum absolute atomic E-state index is 0.0439. The lowest BCUT2D eigenvalue weighted by atomic mass is 9.73. The number of aryl methyl sites for hydroxylation is 4. The van der Waals surface area contributed by atoms with Crippen LogP contribution in [0.25, 0.3) is 10.9 Å². The number of amides is 1. The minimum atomic E-state index is -1.01. The molecule has 4 unspecified atom stereocenters. The monoisotopic (exact) mass is 667 g/mol. The van der Waals surface area contributed by atoms with Gasteiger partial charge in [-0.05, 0) is 119 Å². The van der Waals surface area contributed by atoms with E-state index in [2.05, 4.69) is 111 Å². The second-order valence-corrected chi connectivity index (χ2v) is 16.2. The lowest BCUT2D eigenvalue weighted by molar-refractivity contribution is 0.00171. The number of hydrogen-bond donors (Lipinski definition) is 1. The van der Waals surface area contributed by atoms with E-state index in [9.17, 15) is 4.79 Å². The predicted molar refractivity (Wildman–Crippen MR) is 204 cm³/mol. The number of methoxy groups -OCH3 is 1. The molecule has 8 rings (SSSR count). The van der Waals surface area contributed by atoms with E-state index in [1.165, 1.54) is 32.9 Å². The van der Waals surface area contributed by atoms with Gasteiger partial charge in [-0.25, -0.2) is 0 Å². The Kier molecular flexibility index (Phi) is 9.42. The van der Waals surface area contributed by atoms with Gasteiger partial charge in [0.05, 0.1) is 18.7 Å². The molecule has 3 fully saturated rings. The molecule has 0 aliphatic carbocycles. The van der Waals surface area contributed by atoms with Crippen molar-refractivity contribution in [3.63, 3.8) is 0 Å². The van der Waals surface area contributed by atoms with Crippen LogP contribution in [0, 0.1) is 39.5 Å². The molecule has 1 amide bonds. The third-order valence-electron chi connectivity index (χ3n) is 10.5.